The van der Waals surface area contributed by atoms with Crippen molar-refractivity contribution in [1.82, 2.24) is 0 Å². The normalized spacial score (nSPS) is 15.3. The Hall–Kier alpha value is 0.960. The maximum atomic E-state index is 5.80. The topological polar surface area (TPSA) is 0 Å². The zero-order chi connectivity index (χ0) is 34.8. The van der Waals surface area contributed by atoms with E-state index in [4.69, 9.17) is 24.1 Å². The number of quaternary nitrogens is 1. The van der Waals surface area contributed by atoms with Crippen LogP contribution in [-0.4, -0.2) is 43.5 Å². The third-order valence-electron chi connectivity index (χ3n) is 9.26. The van der Waals surface area contributed by atoms with Crippen LogP contribution in [0.2, 0.25) is 0 Å². The Bertz CT molecular complexity index is 624. The molecule has 0 aliphatic rings. The van der Waals surface area contributed by atoms with Gasteiger partial charge in [0.2, 0.25) is 0 Å². The van der Waals surface area contributed by atoms with Crippen LogP contribution in [0.25, 0.3) is 0 Å². The summed E-state index contributed by atoms with van der Waals surface area (Å²) in [5.74, 6) is 1.34. The number of unbranched alkanes of at least 4 members (excludes halogenated alkanes) is 15. The summed E-state index contributed by atoms with van der Waals surface area (Å²) in [5.41, 5.74) is 0.780. The molecule has 0 bridgehead atoms. The SMILES string of the molecule is CC(CC(C)(C)C)CP(=S)([S-])CC(C)CC(C)(C)C.CCCCCCCC[N+](C)(CCCCCCCC)CCCCCCCC. The highest BCUT2D eigenvalue weighted by atomic mass is 32.9. The van der Waals surface area contributed by atoms with Crippen LogP contribution in [0.1, 0.15) is 205 Å². The first-order chi connectivity index (χ1) is 20.9. The van der Waals surface area contributed by atoms with Crippen molar-refractivity contribution in [3.8, 4) is 0 Å². The number of hydrogen-bond acceptors (Lipinski definition) is 2. The van der Waals surface area contributed by atoms with E-state index in [1.165, 1.54) is 153 Å². The number of hydrogen-bond donors (Lipinski definition) is 0. The van der Waals surface area contributed by atoms with Crippen molar-refractivity contribution in [2.24, 2.45) is 22.7 Å². The highest BCUT2D eigenvalue weighted by Gasteiger charge is 2.21. The summed E-state index contributed by atoms with van der Waals surface area (Å²) < 4.78 is 1.36. The van der Waals surface area contributed by atoms with Gasteiger partial charge in [0.15, 0.2) is 0 Å². The maximum Gasteiger partial charge on any atom is 0.0784 e. The van der Waals surface area contributed by atoms with Crippen LogP contribution in [0.15, 0.2) is 0 Å². The average Bonchev–Trinajstić information content (AvgIpc) is 2.87. The Morgan fingerprint density at radius 1 is 0.511 bits per heavy atom. The van der Waals surface area contributed by atoms with Crippen molar-refractivity contribution in [3.05, 3.63) is 0 Å². The first-order valence-electron chi connectivity index (χ1n) is 20.0. The van der Waals surface area contributed by atoms with Crippen molar-refractivity contribution >= 4 is 29.3 Å². The lowest BCUT2D eigenvalue weighted by molar-refractivity contribution is -0.910. The maximum absolute atomic E-state index is 5.80. The third kappa shape index (κ3) is 36.1. The molecule has 0 rings (SSSR count). The largest absolute Gasteiger partial charge is 0.746 e. The van der Waals surface area contributed by atoms with Gasteiger partial charge < -0.3 is 16.7 Å². The Labute approximate surface area is 298 Å². The van der Waals surface area contributed by atoms with Crippen molar-refractivity contribution in [3.63, 3.8) is 0 Å². The monoisotopic (exact) mass is 690 g/mol. The summed E-state index contributed by atoms with van der Waals surface area (Å²) in [7, 11) is 2.56. The summed E-state index contributed by atoms with van der Waals surface area (Å²) >= 11 is 11.6. The molecule has 0 aromatic rings. The van der Waals surface area contributed by atoms with Crippen molar-refractivity contribution in [2.45, 2.75) is 205 Å². The van der Waals surface area contributed by atoms with Crippen molar-refractivity contribution < 1.29 is 4.48 Å². The molecule has 0 heterocycles. The van der Waals surface area contributed by atoms with E-state index in [-0.39, 0.29) is 0 Å². The molecular weight excluding hydrogens is 602 g/mol. The van der Waals surface area contributed by atoms with E-state index in [1.54, 1.807) is 0 Å². The van der Waals surface area contributed by atoms with Gasteiger partial charge in [-0.3, -0.25) is 0 Å². The molecule has 0 amide bonds. The summed E-state index contributed by atoms with van der Waals surface area (Å²) in [5, 5.41) is -1.56. The fourth-order valence-corrected chi connectivity index (χ4v) is 12.8. The molecule has 4 heteroatoms. The van der Waals surface area contributed by atoms with Gasteiger partial charge in [-0.15, -0.1) is 11.8 Å². The summed E-state index contributed by atoms with van der Waals surface area (Å²) in [6.45, 7) is 29.7. The Balaban J connectivity index is 0. The molecule has 0 spiro atoms. The van der Waals surface area contributed by atoms with Crippen molar-refractivity contribution in [2.75, 3.05) is 39.0 Å². The standard InChI is InChI=1S/C25H54N.C16H35PS2/c1-5-8-11-14-17-20-23-26(4,24-21-18-15-12-9-6-2)25-22-19-16-13-10-7-3;1-13(9-15(3,4)5)11-17(18,19)12-14(2)10-16(6,7)8/h5-25H2,1-4H3;13-14H,9-12H2,1-8H3,(H,18,19)/q+1;/p-1. The van der Waals surface area contributed by atoms with Crippen LogP contribution >= 0.6 is 5.24 Å². The highest BCUT2D eigenvalue weighted by molar-refractivity contribution is 8.55. The van der Waals surface area contributed by atoms with Crippen molar-refractivity contribution in [1.29, 1.82) is 0 Å². The molecule has 2 atom stereocenters. The molecule has 45 heavy (non-hydrogen) atoms. The van der Waals surface area contributed by atoms with Gasteiger partial charge in [-0.25, -0.2) is 0 Å². The van der Waals surface area contributed by atoms with Gasteiger partial charge in [0, 0.05) is 0 Å². The number of rotatable bonds is 27. The van der Waals surface area contributed by atoms with Gasteiger partial charge >= 0.3 is 0 Å². The van der Waals surface area contributed by atoms with Gasteiger partial charge in [-0.1, -0.05) is 153 Å². The molecule has 0 aromatic carbocycles. The predicted molar refractivity (Wildman–Crippen MR) is 219 cm³/mol. The Kier molecular flexibility index (Phi) is 29.6. The molecule has 0 fully saturated rings. The molecule has 0 saturated heterocycles. The van der Waals surface area contributed by atoms with Crippen LogP contribution < -0.4 is 0 Å². The van der Waals surface area contributed by atoms with Gasteiger partial charge in [0.1, 0.15) is 0 Å². The minimum atomic E-state index is -1.56. The molecular formula is C41H88NPS2. The molecule has 0 N–H and O–H groups in total. The first-order valence-corrected chi connectivity index (χ1v) is 24.2. The quantitative estimate of drug-likeness (QED) is 0.0364. The van der Waals surface area contributed by atoms with Crippen LogP contribution in [0, 0.1) is 22.7 Å². The van der Waals surface area contributed by atoms with E-state index >= 15 is 0 Å². The lowest BCUT2D eigenvalue weighted by Crippen LogP contribution is -2.46. The summed E-state index contributed by atoms with van der Waals surface area (Å²) in [6, 6.07) is 0. The van der Waals surface area contributed by atoms with Crippen LogP contribution in [0.4, 0.5) is 0 Å². The molecule has 274 valence electrons. The number of nitrogens with zero attached hydrogens (tertiary/aromatic N) is 1. The van der Waals surface area contributed by atoms with Gasteiger partial charge in [0.05, 0.1) is 26.7 Å². The Morgan fingerprint density at radius 3 is 1.00 bits per heavy atom. The zero-order valence-electron chi connectivity index (χ0n) is 33.5. The molecule has 0 radical (unpaired) electrons. The highest BCUT2D eigenvalue weighted by Crippen LogP contribution is 2.49. The molecule has 1 nitrogen and oxygen atoms in total. The van der Waals surface area contributed by atoms with Gasteiger partial charge in [-0.05, 0) is 86.4 Å². The molecule has 0 aliphatic carbocycles. The fourth-order valence-electron chi connectivity index (χ4n) is 7.40. The Morgan fingerprint density at radius 2 is 0.756 bits per heavy atom. The minimum absolute atomic E-state index is 0.390. The van der Waals surface area contributed by atoms with Gasteiger partial charge in [-0.2, -0.15) is 5.24 Å². The molecule has 2 unspecified atom stereocenters. The lowest BCUT2D eigenvalue weighted by atomic mass is 9.86. The van der Waals surface area contributed by atoms with Crippen LogP contribution in [0.5, 0.6) is 0 Å². The second-order valence-electron chi connectivity index (χ2n) is 18.0. The second kappa shape index (κ2) is 27.7. The minimum Gasteiger partial charge on any atom is -0.746 e. The third-order valence-corrected chi connectivity index (χ3v) is 13.4. The van der Waals surface area contributed by atoms with E-state index in [0.717, 1.165) is 12.3 Å². The van der Waals surface area contributed by atoms with E-state index in [0.29, 0.717) is 22.7 Å². The lowest BCUT2D eigenvalue weighted by Gasteiger charge is -2.37. The second-order valence-corrected chi connectivity index (χ2v) is 25.3. The van der Waals surface area contributed by atoms with E-state index < -0.39 is 5.24 Å². The summed E-state index contributed by atoms with van der Waals surface area (Å²) in [4.78, 5) is 0. The van der Waals surface area contributed by atoms with Crippen LogP contribution in [0.3, 0.4) is 0 Å². The van der Waals surface area contributed by atoms with E-state index in [1.807, 2.05) is 0 Å². The average molecular weight is 690 g/mol. The first kappa shape index (κ1) is 48.1. The van der Waals surface area contributed by atoms with E-state index in [9.17, 15) is 0 Å². The fraction of sp³-hybridized carbons (Fsp3) is 1.00. The van der Waals surface area contributed by atoms with E-state index in [2.05, 4.69) is 83.2 Å². The molecule has 0 saturated carbocycles. The predicted octanol–water partition coefficient (Wildman–Crippen LogP) is 14.6. The molecule has 0 aromatic heterocycles. The smallest absolute Gasteiger partial charge is 0.0784 e. The van der Waals surface area contributed by atoms with Gasteiger partial charge in [0.25, 0.3) is 0 Å². The summed E-state index contributed by atoms with van der Waals surface area (Å²) in [6.07, 6.45) is 30.5. The molecule has 0 aliphatic heterocycles. The van der Waals surface area contributed by atoms with Crippen LogP contribution in [-0.2, 0) is 24.1 Å². The zero-order valence-corrected chi connectivity index (χ0v) is 36.1.